The van der Waals surface area contributed by atoms with Crippen molar-refractivity contribution in [2.75, 3.05) is 32.0 Å². The molecule has 0 aliphatic carbocycles. The van der Waals surface area contributed by atoms with Crippen molar-refractivity contribution in [3.05, 3.63) is 0 Å². The van der Waals surface area contributed by atoms with Crippen LogP contribution >= 0.6 is 19.9 Å². The van der Waals surface area contributed by atoms with Gasteiger partial charge in [0.2, 0.25) is 0 Å². The largest absolute Gasteiger partial charge is 0.379 e. The molecule has 0 saturated carbocycles. The minimum Gasteiger partial charge on any atom is -0.379 e. The third-order valence-electron chi connectivity index (χ3n) is 2.52. The number of halogens is 1. The highest BCUT2D eigenvalue weighted by molar-refractivity contribution is 8.50. The lowest BCUT2D eigenvalue weighted by Gasteiger charge is -2.29. The van der Waals surface area contributed by atoms with Crippen LogP contribution in [0.5, 0.6) is 0 Å². The van der Waals surface area contributed by atoms with Gasteiger partial charge in [-0.15, -0.1) is 0 Å². The molecular weight excluding hydrogens is 244 g/mol. The van der Waals surface area contributed by atoms with E-state index >= 15 is 0 Å². The van der Waals surface area contributed by atoms with Crippen molar-refractivity contribution < 1.29 is 9.47 Å². The summed E-state index contributed by atoms with van der Waals surface area (Å²) in [6.45, 7) is 6.93. The van der Waals surface area contributed by atoms with Gasteiger partial charge in [-0.05, 0) is 51.9 Å². The molecular formula is C12H27ClO2S. The molecule has 0 spiro atoms. The minimum absolute atomic E-state index is 0.0750. The van der Waals surface area contributed by atoms with Crippen molar-refractivity contribution in [1.82, 2.24) is 0 Å². The minimum atomic E-state index is -0.891. The fraction of sp³-hybridized carbons (Fsp3) is 1.00. The molecule has 1 unspecified atom stereocenters. The van der Waals surface area contributed by atoms with E-state index in [2.05, 4.69) is 26.4 Å². The van der Waals surface area contributed by atoms with Gasteiger partial charge in [0, 0.05) is 7.11 Å². The third kappa shape index (κ3) is 9.76. The third-order valence-corrected chi connectivity index (χ3v) is 4.24. The Labute approximate surface area is 107 Å². The van der Waals surface area contributed by atoms with Crippen LogP contribution in [0.1, 0.15) is 33.6 Å². The van der Waals surface area contributed by atoms with E-state index < -0.39 is 9.24 Å². The van der Waals surface area contributed by atoms with Gasteiger partial charge in [-0.2, -0.15) is 9.24 Å². The standard InChI is InChI=1S/C12H27ClO2S/c1-11(14-4)10-15-12(2,3)8-7-9-16(5,6)13/h11H,7-10H2,1-6H3. The lowest BCUT2D eigenvalue weighted by molar-refractivity contribution is -0.0685. The topological polar surface area (TPSA) is 18.5 Å². The molecule has 0 heterocycles. The summed E-state index contributed by atoms with van der Waals surface area (Å²) >= 11 is 0. The molecule has 100 valence electrons. The van der Waals surface area contributed by atoms with Crippen molar-refractivity contribution in [1.29, 1.82) is 0 Å². The van der Waals surface area contributed by atoms with E-state index in [9.17, 15) is 0 Å². The fourth-order valence-corrected chi connectivity index (χ4v) is 2.48. The van der Waals surface area contributed by atoms with Gasteiger partial charge in [-0.1, -0.05) is 10.7 Å². The van der Waals surface area contributed by atoms with E-state index in [1.54, 1.807) is 7.11 Å². The monoisotopic (exact) mass is 270 g/mol. The smallest absolute Gasteiger partial charge is 0.0776 e. The predicted octanol–water partition coefficient (Wildman–Crippen LogP) is 3.81. The summed E-state index contributed by atoms with van der Waals surface area (Å²) in [6, 6.07) is 0. The lowest BCUT2D eigenvalue weighted by Crippen LogP contribution is -2.29. The molecule has 0 aromatic heterocycles. The van der Waals surface area contributed by atoms with Crippen molar-refractivity contribution in [3.63, 3.8) is 0 Å². The SMILES string of the molecule is COC(C)COC(C)(C)CCCS(C)(C)Cl. The van der Waals surface area contributed by atoms with Crippen LogP contribution in [0.25, 0.3) is 0 Å². The molecule has 4 heteroatoms. The molecule has 16 heavy (non-hydrogen) atoms. The first-order chi connectivity index (χ1) is 7.16. The molecule has 0 fully saturated rings. The first kappa shape index (κ1) is 16.6. The Hall–Kier alpha value is 0.560. The average Bonchev–Trinajstić information content (AvgIpc) is 2.12. The van der Waals surface area contributed by atoms with Gasteiger partial charge < -0.3 is 9.47 Å². The molecule has 0 radical (unpaired) electrons. The van der Waals surface area contributed by atoms with Crippen molar-refractivity contribution in [2.24, 2.45) is 0 Å². The van der Waals surface area contributed by atoms with E-state index in [0.717, 1.165) is 18.6 Å². The molecule has 2 nitrogen and oxygen atoms in total. The quantitative estimate of drug-likeness (QED) is 0.668. The number of ether oxygens (including phenoxy) is 2. The second kappa shape index (κ2) is 7.10. The van der Waals surface area contributed by atoms with Gasteiger partial charge in [0.15, 0.2) is 0 Å². The van der Waals surface area contributed by atoms with Crippen LogP contribution in [0.15, 0.2) is 0 Å². The Kier molecular flexibility index (Phi) is 7.34. The zero-order chi connectivity index (χ0) is 12.8. The maximum atomic E-state index is 6.23. The van der Waals surface area contributed by atoms with Crippen molar-refractivity contribution in [3.8, 4) is 0 Å². The van der Waals surface area contributed by atoms with Gasteiger partial charge in [-0.3, -0.25) is 0 Å². The van der Waals surface area contributed by atoms with E-state index in [4.69, 9.17) is 20.2 Å². The predicted molar refractivity (Wildman–Crippen MR) is 75.9 cm³/mol. The maximum Gasteiger partial charge on any atom is 0.0776 e. The van der Waals surface area contributed by atoms with Gasteiger partial charge in [0.25, 0.3) is 0 Å². The normalized spacial score (nSPS) is 16.2. The first-order valence-electron chi connectivity index (χ1n) is 5.74. The molecule has 0 bridgehead atoms. The average molecular weight is 271 g/mol. The van der Waals surface area contributed by atoms with Crippen LogP contribution in [0.3, 0.4) is 0 Å². The van der Waals surface area contributed by atoms with Crippen LogP contribution in [-0.2, 0) is 9.47 Å². The molecule has 0 aromatic rings. The summed E-state index contributed by atoms with van der Waals surface area (Å²) in [4.78, 5) is 0. The zero-order valence-electron chi connectivity index (χ0n) is 11.5. The number of rotatable bonds is 8. The van der Waals surface area contributed by atoms with Crippen molar-refractivity contribution in [2.45, 2.75) is 45.3 Å². The van der Waals surface area contributed by atoms with E-state index in [0.29, 0.717) is 6.61 Å². The second-order valence-electron chi connectivity index (χ2n) is 5.33. The second-order valence-corrected chi connectivity index (χ2v) is 11.0. The highest BCUT2D eigenvalue weighted by Gasteiger charge is 2.20. The van der Waals surface area contributed by atoms with Gasteiger partial charge >= 0.3 is 0 Å². The van der Waals surface area contributed by atoms with Crippen LogP contribution < -0.4 is 0 Å². The molecule has 0 amide bonds. The summed E-state index contributed by atoms with van der Waals surface area (Å²) in [6.07, 6.45) is 6.60. The van der Waals surface area contributed by atoms with Crippen LogP contribution in [0, 0.1) is 0 Å². The Bertz CT molecular complexity index is 190. The van der Waals surface area contributed by atoms with Crippen LogP contribution in [-0.4, -0.2) is 43.7 Å². The van der Waals surface area contributed by atoms with Crippen molar-refractivity contribution >= 4 is 19.9 Å². The summed E-state index contributed by atoms with van der Waals surface area (Å²) in [5.74, 6) is 1.10. The molecule has 0 aliphatic heterocycles. The van der Waals surface area contributed by atoms with E-state index in [1.165, 1.54) is 0 Å². The number of methoxy groups -OCH3 is 1. The Morgan fingerprint density at radius 3 is 2.31 bits per heavy atom. The van der Waals surface area contributed by atoms with Gasteiger partial charge in [-0.25, -0.2) is 0 Å². The highest BCUT2D eigenvalue weighted by atomic mass is 35.7. The highest BCUT2D eigenvalue weighted by Crippen LogP contribution is 2.46. The Morgan fingerprint density at radius 2 is 1.88 bits per heavy atom. The molecule has 0 aliphatic rings. The summed E-state index contributed by atoms with van der Waals surface area (Å²) in [5.41, 5.74) is -0.0750. The summed E-state index contributed by atoms with van der Waals surface area (Å²) < 4.78 is 11.0. The molecule has 0 saturated heterocycles. The molecule has 0 rings (SSSR count). The van der Waals surface area contributed by atoms with Crippen LogP contribution in [0.2, 0.25) is 0 Å². The lowest BCUT2D eigenvalue weighted by atomic mass is 10.0. The fourth-order valence-electron chi connectivity index (χ4n) is 1.32. The summed E-state index contributed by atoms with van der Waals surface area (Å²) in [5, 5.41) is 0. The zero-order valence-corrected chi connectivity index (χ0v) is 13.1. The molecule has 1 atom stereocenters. The van der Waals surface area contributed by atoms with E-state index in [1.807, 2.05) is 6.92 Å². The van der Waals surface area contributed by atoms with Gasteiger partial charge in [0.05, 0.1) is 18.3 Å². The first-order valence-corrected chi connectivity index (χ1v) is 9.18. The number of hydrogen-bond acceptors (Lipinski definition) is 2. The van der Waals surface area contributed by atoms with E-state index in [-0.39, 0.29) is 11.7 Å². The van der Waals surface area contributed by atoms with Crippen LogP contribution in [0.4, 0.5) is 0 Å². The number of hydrogen-bond donors (Lipinski definition) is 0. The van der Waals surface area contributed by atoms with Gasteiger partial charge in [0.1, 0.15) is 0 Å². The Morgan fingerprint density at radius 1 is 1.31 bits per heavy atom. The molecule has 0 aromatic carbocycles. The molecule has 0 N–H and O–H groups in total. The summed E-state index contributed by atoms with van der Waals surface area (Å²) in [7, 11) is 7.05. The maximum absolute atomic E-state index is 6.23. The Balaban J connectivity index is 3.78.